The fourth-order valence-electron chi connectivity index (χ4n) is 3.24. The van der Waals surface area contributed by atoms with Crippen molar-refractivity contribution in [3.63, 3.8) is 0 Å². The molecule has 0 saturated carbocycles. The van der Waals surface area contributed by atoms with Crippen molar-refractivity contribution in [3.8, 4) is 10.4 Å². The predicted molar refractivity (Wildman–Crippen MR) is 110 cm³/mol. The van der Waals surface area contributed by atoms with E-state index in [9.17, 15) is 13.6 Å². The fraction of sp³-hybridized carbons (Fsp3) is 0.143. The summed E-state index contributed by atoms with van der Waals surface area (Å²) >= 11 is 1.36. The second-order valence-corrected chi connectivity index (χ2v) is 7.73. The summed E-state index contributed by atoms with van der Waals surface area (Å²) in [6.45, 7) is 0.149. The van der Waals surface area contributed by atoms with Crippen molar-refractivity contribution in [2.45, 2.75) is 12.5 Å². The molecule has 0 aliphatic heterocycles. The summed E-state index contributed by atoms with van der Waals surface area (Å²) in [5.41, 5.74) is 7.98. The molecule has 3 aromatic heterocycles. The Morgan fingerprint density at radius 1 is 1.17 bits per heavy atom. The first-order valence-corrected chi connectivity index (χ1v) is 9.83. The average Bonchev–Trinajstić information content (AvgIpc) is 3.36. The van der Waals surface area contributed by atoms with E-state index < -0.39 is 17.7 Å². The third-order valence-electron chi connectivity index (χ3n) is 4.58. The van der Waals surface area contributed by atoms with E-state index in [0.717, 1.165) is 27.5 Å². The number of thiophene rings is 1. The number of rotatable bonds is 6. The van der Waals surface area contributed by atoms with Gasteiger partial charge in [-0.25, -0.2) is 13.8 Å². The van der Waals surface area contributed by atoms with Crippen LogP contribution in [0.3, 0.4) is 0 Å². The summed E-state index contributed by atoms with van der Waals surface area (Å²) in [4.78, 5) is 21.5. The van der Waals surface area contributed by atoms with Gasteiger partial charge in [-0.2, -0.15) is 0 Å². The van der Waals surface area contributed by atoms with E-state index in [4.69, 9.17) is 5.73 Å². The van der Waals surface area contributed by atoms with Gasteiger partial charge in [0.1, 0.15) is 17.3 Å². The SMILES string of the molecule is NCC(Cc1cc(F)cc(F)c1)NC(=O)c1ccc(-c2ccnc3[nH]ccc23)s1. The Morgan fingerprint density at radius 2 is 1.97 bits per heavy atom. The van der Waals surface area contributed by atoms with E-state index in [2.05, 4.69) is 15.3 Å². The predicted octanol–water partition coefficient (Wildman–Crippen LogP) is 3.87. The van der Waals surface area contributed by atoms with Crippen LogP contribution in [0.4, 0.5) is 8.78 Å². The van der Waals surface area contributed by atoms with Gasteiger partial charge < -0.3 is 16.0 Å². The number of fused-ring (bicyclic) bond motifs is 1. The number of carbonyl (C=O) groups is 1. The van der Waals surface area contributed by atoms with Crippen LogP contribution in [0, 0.1) is 11.6 Å². The van der Waals surface area contributed by atoms with Crippen LogP contribution in [-0.4, -0.2) is 28.5 Å². The summed E-state index contributed by atoms with van der Waals surface area (Å²) in [6.07, 6.45) is 3.78. The van der Waals surface area contributed by atoms with E-state index in [1.165, 1.54) is 23.5 Å². The maximum Gasteiger partial charge on any atom is 0.261 e. The Balaban J connectivity index is 1.50. The van der Waals surface area contributed by atoms with Crippen LogP contribution in [0.1, 0.15) is 15.2 Å². The summed E-state index contributed by atoms with van der Waals surface area (Å²) in [6, 6.07) is 10.4. The molecule has 4 aromatic rings. The molecule has 1 aromatic carbocycles. The molecule has 0 aliphatic carbocycles. The van der Waals surface area contributed by atoms with Crippen LogP contribution in [0.15, 0.2) is 54.9 Å². The molecule has 4 N–H and O–H groups in total. The van der Waals surface area contributed by atoms with E-state index >= 15 is 0 Å². The number of pyridine rings is 1. The van der Waals surface area contributed by atoms with Crippen LogP contribution in [-0.2, 0) is 6.42 Å². The summed E-state index contributed by atoms with van der Waals surface area (Å²) in [5, 5.41) is 3.83. The van der Waals surface area contributed by atoms with Crippen LogP contribution in [0.25, 0.3) is 21.5 Å². The lowest BCUT2D eigenvalue weighted by molar-refractivity contribution is 0.0942. The first-order valence-electron chi connectivity index (χ1n) is 9.01. The molecule has 4 rings (SSSR count). The Kier molecular flexibility index (Phi) is 5.37. The Bertz CT molecular complexity index is 1150. The van der Waals surface area contributed by atoms with Gasteiger partial charge in [-0.1, -0.05) is 0 Å². The molecule has 1 atom stereocenters. The van der Waals surface area contributed by atoms with Crippen molar-refractivity contribution in [1.29, 1.82) is 0 Å². The topological polar surface area (TPSA) is 83.8 Å². The molecule has 5 nitrogen and oxygen atoms in total. The number of hydrogen-bond acceptors (Lipinski definition) is 4. The molecule has 1 unspecified atom stereocenters. The minimum atomic E-state index is -0.654. The maximum absolute atomic E-state index is 13.4. The molecule has 0 radical (unpaired) electrons. The number of hydrogen-bond donors (Lipinski definition) is 3. The molecule has 8 heteroatoms. The van der Waals surface area contributed by atoms with Gasteiger partial charge in [0.25, 0.3) is 5.91 Å². The lowest BCUT2D eigenvalue weighted by Gasteiger charge is -2.16. The van der Waals surface area contributed by atoms with Gasteiger partial charge in [0.2, 0.25) is 0 Å². The van der Waals surface area contributed by atoms with Gasteiger partial charge in [0, 0.05) is 46.9 Å². The van der Waals surface area contributed by atoms with Crippen molar-refractivity contribution in [2.24, 2.45) is 5.73 Å². The van der Waals surface area contributed by atoms with Crippen molar-refractivity contribution >= 4 is 28.3 Å². The highest BCUT2D eigenvalue weighted by Gasteiger charge is 2.17. The number of nitrogens with one attached hydrogen (secondary N) is 2. The normalized spacial score (nSPS) is 12.2. The Labute approximate surface area is 169 Å². The quantitative estimate of drug-likeness (QED) is 0.450. The number of nitrogens with two attached hydrogens (primary N) is 1. The molecule has 0 aliphatic rings. The van der Waals surface area contributed by atoms with Crippen LogP contribution in [0.5, 0.6) is 0 Å². The highest BCUT2D eigenvalue weighted by molar-refractivity contribution is 7.17. The second-order valence-electron chi connectivity index (χ2n) is 6.65. The molecule has 0 saturated heterocycles. The van der Waals surface area contributed by atoms with Crippen LogP contribution in [0.2, 0.25) is 0 Å². The molecular formula is C21H18F2N4OS. The Hall–Kier alpha value is -3.10. The molecule has 0 spiro atoms. The van der Waals surface area contributed by atoms with E-state index in [0.29, 0.717) is 10.4 Å². The van der Waals surface area contributed by atoms with Crippen LogP contribution >= 0.6 is 11.3 Å². The summed E-state index contributed by atoms with van der Waals surface area (Å²) in [5.74, 6) is -1.58. The molecule has 29 heavy (non-hydrogen) atoms. The first-order chi connectivity index (χ1) is 14.0. The molecule has 3 heterocycles. The lowest BCUT2D eigenvalue weighted by Crippen LogP contribution is -2.41. The van der Waals surface area contributed by atoms with Crippen LogP contribution < -0.4 is 11.1 Å². The van der Waals surface area contributed by atoms with E-state index in [-0.39, 0.29) is 18.9 Å². The third kappa shape index (κ3) is 4.18. The number of benzene rings is 1. The standard InChI is InChI=1S/C21H18F2N4OS/c22-13-7-12(8-14(23)10-13)9-15(11-24)27-21(28)19-2-1-18(29-19)16-3-5-25-20-17(16)4-6-26-20/h1-8,10,15H,9,11,24H2,(H,25,26)(H,27,28). The fourth-order valence-corrected chi connectivity index (χ4v) is 4.19. The highest BCUT2D eigenvalue weighted by atomic mass is 32.1. The van der Waals surface area contributed by atoms with E-state index in [1.54, 1.807) is 12.3 Å². The largest absolute Gasteiger partial charge is 0.347 e. The number of aromatic nitrogens is 2. The number of amides is 1. The lowest BCUT2D eigenvalue weighted by atomic mass is 10.1. The number of aromatic amines is 1. The monoisotopic (exact) mass is 412 g/mol. The smallest absolute Gasteiger partial charge is 0.261 e. The molecule has 148 valence electrons. The molecule has 1 amide bonds. The third-order valence-corrected chi connectivity index (χ3v) is 5.70. The van der Waals surface area contributed by atoms with Crippen molar-refractivity contribution < 1.29 is 13.6 Å². The minimum Gasteiger partial charge on any atom is -0.347 e. The highest BCUT2D eigenvalue weighted by Crippen LogP contribution is 2.32. The van der Waals surface area contributed by atoms with Gasteiger partial charge in [0.15, 0.2) is 0 Å². The van der Waals surface area contributed by atoms with E-state index in [1.807, 2.05) is 24.4 Å². The van der Waals surface area contributed by atoms with Crippen molar-refractivity contribution in [2.75, 3.05) is 6.54 Å². The maximum atomic E-state index is 13.4. The van der Waals surface area contributed by atoms with Gasteiger partial charge in [-0.15, -0.1) is 11.3 Å². The molecule has 0 fully saturated rings. The molecule has 0 bridgehead atoms. The zero-order chi connectivity index (χ0) is 20.4. The number of nitrogens with zero attached hydrogens (tertiary/aromatic N) is 1. The van der Waals surface area contributed by atoms with Gasteiger partial charge in [-0.3, -0.25) is 4.79 Å². The van der Waals surface area contributed by atoms with Crippen molar-refractivity contribution in [3.05, 3.63) is 76.9 Å². The van der Waals surface area contributed by atoms with Gasteiger partial charge >= 0.3 is 0 Å². The summed E-state index contributed by atoms with van der Waals surface area (Å²) < 4.78 is 26.8. The zero-order valence-corrected chi connectivity index (χ0v) is 16.1. The van der Waals surface area contributed by atoms with Crippen molar-refractivity contribution in [1.82, 2.24) is 15.3 Å². The number of carbonyl (C=O) groups excluding carboxylic acids is 1. The first kappa shape index (κ1) is 19.2. The second kappa shape index (κ2) is 8.10. The van der Waals surface area contributed by atoms with Gasteiger partial charge in [-0.05, 0) is 48.4 Å². The number of halogens is 2. The molecular weight excluding hydrogens is 394 g/mol. The minimum absolute atomic E-state index is 0.149. The zero-order valence-electron chi connectivity index (χ0n) is 15.3. The summed E-state index contributed by atoms with van der Waals surface area (Å²) in [7, 11) is 0. The number of H-pyrrole nitrogens is 1. The Morgan fingerprint density at radius 3 is 2.72 bits per heavy atom. The average molecular weight is 412 g/mol. The van der Waals surface area contributed by atoms with Gasteiger partial charge in [0.05, 0.1) is 4.88 Å².